The van der Waals surface area contributed by atoms with Gasteiger partial charge in [-0.1, -0.05) is 0 Å². The van der Waals surface area contributed by atoms with Gasteiger partial charge in [0.15, 0.2) is 0 Å². The molecule has 3 rings (SSSR count). The average molecular weight is 234 g/mol. The quantitative estimate of drug-likeness (QED) is 0.851. The second kappa shape index (κ2) is 4.78. The van der Waals surface area contributed by atoms with Gasteiger partial charge in [-0.2, -0.15) is 0 Å². The predicted octanol–water partition coefficient (Wildman–Crippen LogP) is 1.14. The SMILES string of the molecule is Cn1ccnc1CN1CCCC1C1CCCN1. The molecule has 0 radical (unpaired) electrons. The third-order valence-corrected chi connectivity index (χ3v) is 4.24. The zero-order valence-corrected chi connectivity index (χ0v) is 10.6. The van der Waals surface area contributed by atoms with E-state index in [9.17, 15) is 0 Å². The van der Waals surface area contributed by atoms with Gasteiger partial charge in [-0.15, -0.1) is 0 Å². The van der Waals surface area contributed by atoms with E-state index in [1.54, 1.807) is 0 Å². The first-order valence-corrected chi connectivity index (χ1v) is 6.78. The van der Waals surface area contributed by atoms with Gasteiger partial charge in [0.05, 0.1) is 6.54 Å². The van der Waals surface area contributed by atoms with Crippen LogP contribution in [0.5, 0.6) is 0 Å². The molecule has 0 amide bonds. The van der Waals surface area contributed by atoms with Gasteiger partial charge in [0.2, 0.25) is 0 Å². The van der Waals surface area contributed by atoms with Crippen molar-refractivity contribution in [1.29, 1.82) is 0 Å². The van der Waals surface area contributed by atoms with Crippen LogP contribution in [0, 0.1) is 0 Å². The topological polar surface area (TPSA) is 33.1 Å². The smallest absolute Gasteiger partial charge is 0.122 e. The number of rotatable bonds is 3. The predicted molar refractivity (Wildman–Crippen MR) is 67.7 cm³/mol. The van der Waals surface area contributed by atoms with Crippen molar-refractivity contribution in [3.05, 3.63) is 18.2 Å². The molecule has 2 aliphatic heterocycles. The van der Waals surface area contributed by atoms with E-state index >= 15 is 0 Å². The summed E-state index contributed by atoms with van der Waals surface area (Å²) >= 11 is 0. The van der Waals surface area contributed by atoms with Crippen molar-refractivity contribution in [2.24, 2.45) is 7.05 Å². The number of hydrogen-bond donors (Lipinski definition) is 1. The maximum absolute atomic E-state index is 4.44. The van der Waals surface area contributed by atoms with Crippen molar-refractivity contribution in [2.75, 3.05) is 13.1 Å². The molecule has 3 heterocycles. The average Bonchev–Trinajstić information content (AvgIpc) is 3.02. The molecule has 0 saturated carbocycles. The van der Waals surface area contributed by atoms with Crippen LogP contribution in [0.3, 0.4) is 0 Å². The lowest BCUT2D eigenvalue weighted by atomic mass is 10.0. The van der Waals surface area contributed by atoms with Crippen LogP contribution in [-0.4, -0.2) is 39.6 Å². The second-order valence-corrected chi connectivity index (χ2v) is 5.34. The molecule has 2 fully saturated rings. The van der Waals surface area contributed by atoms with Gasteiger partial charge >= 0.3 is 0 Å². The molecule has 17 heavy (non-hydrogen) atoms. The number of likely N-dealkylation sites (tertiary alicyclic amines) is 1. The van der Waals surface area contributed by atoms with Crippen LogP contribution >= 0.6 is 0 Å². The molecule has 0 spiro atoms. The molecule has 4 heteroatoms. The minimum atomic E-state index is 0.720. The number of nitrogens with zero attached hydrogens (tertiary/aromatic N) is 3. The molecule has 0 bridgehead atoms. The number of aromatic nitrogens is 2. The van der Waals surface area contributed by atoms with Crippen LogP contribution in [0.15, 0.2) is 12.4 Å². The second-order valence-electron chi connectivity index (χ2n) is 5.34. The zero-order chi connectivity index (χ0) is 11.7. The molecule has 0 aromatic carbocycles. The van der Waals surface area contributed by atoms with E-state index in [4.69, 9.17) is 0 Å². The van der Waals surface area contributed by atoms with Gasteiger partial charge in [0.25, 0.3) is 0 Å². The van der Waals surface area contributed by atoms with Crippen LogP contribution < -0.4 is 5.32 Å². The molecule has 1 aromatic rings. The largest absolute Gasteiger partial charge is 0.337 e. The Kier molecular flexibility index (Phi) is 3.16. The Morgan fingerprint density at radius 1 is 1.41 bits per heavy atom. The van der Waals surface area contributed by atoms with Crippen LogP contribution in [0.25, 0.3) is 0 Å². The van der Waals surface area contributed by atoms with Gasteiger partial charge in [-0.3, -0.25) is 4.90 Å². The zero-order valence-electron chi connectivity index (χ0n) is 10.6. The fraction of sp³-hybridized carbons (Fsp3) is 0.769. The standard InChI is InChI=1S/C13H22N4/c1-16-9-7-15-13(16)10-17-8-3-5-12(17)11-4-2-6-14-11/h7,9,11-12,14H,2-6,8,10H2,1H3. The molecular formula is C13H22N4. The minimum absolute atomic E-state index is 0.720. The summed E-state index contributed by atoms with van der Waals surface area (Å²) in [6, 6.07) is 1.45. The highest BCUT2D eigenvalue weighted by atomic mass is 15.2. The van der Waals surface area contributed by atoms with Crippen LogP contribution in [0.1, 0.15) is 31.5 Å². The summed E-state index contributed by atoms with van der Waals surface area (Å²) in [7, 11) is 2.08. The van der Waals surface area contributed by atoms with E-state index in [1.165, 1.54) is 44.6 Å². The highest BCUT2D eigenvalue weighted by Gasteiger charge is 2.33. The Bertz CT molecular complexity index is 367. The summed E-state index contributed by atoms with van der Waals surface area (Å²) in [5.41, 5.74) is 0. The molecule has 2 aliphatic rings. The first-order chi connectivity index (χ1) is 8.34. The number of aryl methyl sites for hydroxylation is 1. The van der Waals surface area contributed by atoms with Gasteiger partial charge in [-0.05, 0) is 38.8 Å². The minimum Gasteiger partial charge on any atom is -0.337 e. The van der Waals surface area contributed by atoms with Crippen molar-refractivity contribution >= 4 is 0 Å². The fourth-order valence-corrected chi connectivity index (χ4v) is 3.27. The molecule has 2 atom stereocenters. The van der Waals surface area contributed by atoms with E-state index in [1.807, 2.05) is 12.4 Å². The Morgan fingerprint density at radius 2 is 2.35 bits per heavy atom. The maximum Gasteiger partial charge on any atom is 0.122 e. The summed E-state index contributed by atoms with van der Waals surface area (Å²) in [6.45, 7) is 3.44. The molecule has 1 aromatic heterocycles. The normalized spacial score (nSPS) is 30.2. The summed E-state index contributed by atoms with van der Waals surface area (Å²) in [5, 5.41) is 3.65. The lowest BCUT2D eigenvalue weighted by molar-refractivity contribution is 0.200. The van der Waals surface area contributed by atoms with Crippen molar-refractivity contribution < 1.29 is 0 Å². The Balaban J connectivity index is 1.67. The van der Waals surface area contributed by atoms with Gasteiger partial charge < -0.3 is 9.88 Å². The highest BCUT2D eigenvalue weighted by Crippen LogP contribution is 2.25. The van der Waals surface area contributed by atoms with Crippen LogP contribution in [0.2, 0.25) is 0 Å². The lowest BCUT2D eigenvalue weighted by Crippen LogP contribution is -2.43. The molecular weight excluding hydrogens is 212 g/mol. The van der Waals surface area contributed by atoms with Crippen molar-refractivity contribution in [2.45, 2.75) is 44.3 Å². The summed E-state index contributed by atoms with van der Waals surface area (Å²) in [5.74, 6) is 1.19. The maximum atomic E-state index is 4.44. The van der Waals surface area contributed by atoms with Crippen molar-refractivity contribution in [3.8, 4) is 0 Å². The number of hydrogen-bond acceptors (Lipinski definition) is 3. The third-order valence-electron chi connectivity index (χ3n) is 4.24. The first kappa shape index (κ1) is 11.2. The Morgan fingerprint density at radius 3 is 3.06 bits per heavy atom. The van der Waals surface area contributed by atoms with Crippen molar-refractivity contribution in [3.63, 3.8) is 0 Å². The van der Waals surface area contributed by atoms with E-state index in [2.05, 4.69) is 26.8 Å². The van der Waals surface area contributed by atoms with E-state index in [0.29, 0.717) is 0 Å². The molecule has 0 aliphatic carbocycles. The monoisotopic (exact) mass is 234 g/mol. The fourth-order valence-electron chi connectivity index (χ4n) is 3.27. The van der Waals surface area contributed by atoms with E-state index < -0.39 is 0 Å². The van der Waals surface area contributed by atoms with Crippen LogP contribution in [-0.2, 0) is 13.6 Å². The molecule has 1 N–H and O–H groups in total. The summed E-state index contributed by atoms with van der Waals surface area (Å²) in [4.78, 5) is 7.06. The van der Waals surface area contributed by atoms with Gasteiger partial charge in [0, 0.05) is 31.5 Å². The first-order valence-electron chi connectivity index (χ1n) is 6.78. The van der Waals surface area contributed by atoms with Crippen LogP contribution in [0.4, 0.5) is 0 Å². The number of nitrogens with one attached hydrogen (secondary N) is 1. The summed E-state index contributed by atoms with van der Waals surface area (Å²) in [6.07, 6.45) is 9.32. The molecule has 4 nitrogen and oxygen atoms in total. The van der Waals surface area contributed by atoms with Gasteiger partial charge in [-0.25, -0.2) is 4.98 Å². The molecule has 2 unspecified atom stereocenters. The van der Waals surface area contributed by atoms with E-state index in [0.717, 1.165) is 18.6 Å². The lowest BCUT2D eigenvalue weighted by Gasteiger charge is -2.29. The Labute approximate surface area is 103 Å². The highest BCUT2D eigenvalue weighted by molar-refractivity contribution is 4.97. The summed E-state index contributed by atoms with van der Waals surface area (Å²) < 4.78 is 2.14. The molecule has 94 valence electrons. The van der Waals surface area contributed by atoms with E-state index in [-0.39, 0.29) is 0 Å². The molecule has 2 saturated heterocycles. The van der Waals surface area contributed by atoms with Crippen molar-refractivity contribution in [1.82, 2.24) is 19.8 Å². The van der Waals surface area contributed by atoms with Gasteiger partial charge in [0.1, 0.15) is 5.82 Å². The number of imidazole rings is 1. The Hall–Kier alpha value is -0.870. The third kappa shape index (κ3) is 2.24.